The topological polar surface area (TPSA) is 96.7 Å². The zero-order valence-corrected chi connectivity index (χ0v) is 18.6. The van der Waals surface area contributed by atoms with Crippen molar-refractivity contribution in [3.8, 4) is 5.75 Å². The molecule has 0 aliphatic carbocycles. The number of aromatic carboxylic acids is 1. The number of carbonyl (C=O) groups excluding carboxylic acids is 2. The minimum atomic E-state index is -1.47. The maximum Gasteiger partial charge on any atom is 1.00 e. The molecule has 0 spiro atoms. The Morgan fingerprint density at radius 1 is 1.20 bits per heavy atom. The average molecular weight is 409 g/mol. The third-order valence-electron chi connectivity index (χ3n) is 4.91. The summed E-state index contributed by atoms with van der Waals surface area (Å²) in [6, 6.07) is 3.57. The molecule has 2 aromatic heterocycles. The zero-order valence-electron chi connectivity index (χ0n) is 18.6. The van der Waals surface area contributed by atoms with Crippen LogP contribution in [0.5, 0.6) is 5.75 Å². The predicted octanol–water partition coefficient (Wildman–Crippen LogP) is -0.561. The first-order valence-corrected chi connectivity index (χ1v) is 9.92. The van der Waals surface area contributed by atoms with Crippen LogP contribution >= 0.6 is 0 Å². The number of carboxylic acid groups (broad SMARTS) is 1. The van der Waals surface area contributed by atoms with E-state index in [1.165, 1.54) is 12.3 Å². The van der Waals surface area contributed by atoms with Gasteiger partial charge in [0.1, 0.15) is 23.1 Å². The summed E-state index contributed by atoms with van der Waals surface area (Å²) in [4.78, 5) is 30.8. The summed E-state index contributed by atoms with van der Waals surface area (Å²) >= 11 is 0. The number of hydrogen-bond acceptors (Lipinski definition) is 7. The van der Waals surface area contributed by atoms with Gasteiger partial charge in [0.25, 0.3) is 0 Å². The molecule has 1 fully saturated rings. The third kappa shape index (κ3) is 5.57. The molecule has 1 aliphatic heterocycles. The quantitative estimate of drug-likeness (QED) is 0.625. The number of likely N-dealkylation sites (tertiary alicyclic amines) is 1. The minimum Gasteiger partial charge on any atom is -0.543 e. The van der Waals surface area contributed by atoms with Gasteiger partial charge in [-0.25, -0.2) is 14.3 Å². The number of ether oxygens (including phenoxy) is 2. The number of pyridine rings is 1. The maximum absolute atomic E-state index is 12.5. The molecule has 2 aromatic rings. The summed E-state index contributed by atoms with van der Waals surface area (Å²) in [6.07, 6.45) is 2.61. The fourth-order valence-corrected chi connectivity index (χ4v) is 3.48. The van der Waals surface area contributed by atoms with Crippen molar-refractivity contribution in [3.63, 3.8) is 0 Å². The Bertz CT molecular complexity index is 911. The second-order valence-electron chi connectivity index (χ2n) is 8.66. The summed E-state index contributed by atoms with van der Waals surface area (Å²) in [7, 11) is 0. The van der Waals surface area contributed by atoms with Gasteiger partial charge in [-0.2, -0.15) is 0 Å². The summed E-state index contributed by atoms with van der Waals surface area (Å²) in [5.74, 6) is -0.927. The minimum absolute atomic E-state index is 0. The largest absolute Gasteiger partial charge is 1.00 e. The maximum atomic E-state index is 12.5. The van der Waals surface area contributed by atoms with Gasteiger partial charge in [0.05, 0.1) is 17.9 Å². The van der Waals surface area contributed by atoms with E-state index in [2.05, 4.69) is 23.7 Å². The smallest absolute Gasteiger partial charge is 0.543 e. The summed E-state index contributed by atoms with van der Waals surface area (Å²) < 4.78 is 12.3. The van der Waals surface area contributed by atoms with Crippen LogP contribution in [0.2, 0.25) is 0 Å². The Morgan fingerprint density at radius 3 is 2.37 bits per heavy atom. The number of nitrogens with zero attached hydrogens (tertiary/aromatic N) is 3. The van der Waals surface area contributed by atoms with Crippen molar-refractivity contribution in [2.45, 2.75) is 65.2 Å². The molecular formula is C21H28LiN3O5. The van der Waals surface area contributed by atoms with Gasteiger partial charge >= 0.3 is 25.0 Å². The van der Waals surface area contributed by atoms with Gasteiger partial charge in [-0.1, -0.05) is 0 Å². The molecule has 0 N–H and O–H groups in total. The molecule has 0 aromatic carbocycles. The number of piperidine rings is 1. The van der Waals surface area contributed by atoms with Crippen molar-refractivity contribution >= 4 is 23.1 Å². The number of carbonyl (C=O) groups is 2. The predicted molar refractivity (Wildman–Crippen MR) is 106 cm³/mol. The van der Waals surface area contributed by atoms with E-state index in [-0.39, 0.29) is 36.3 Å². The summed E-state index contributed by atoms with van der Waals surface area (Å²) in [6.45, 7) is 11.4. The average Bonchev–Trinajstić information content (AvgIpc) is 3.00. The second-order valence-corrected chi connectivity index (χ2v) is 8.66. The van der Waals surface area contributed by atoms with Crippen molar-refractivity contribution in [3.05, 3.63) is 24.0 Å². The van der Waals surface area contributed by atoms with Crippen LogP contribution in [0.4, 0.5) is 4.79 Å². The molecule has 158 valence electrons. The molecular weight excluding hydrogens is 381 g/mol. The third-order valence-corrected chi connectivity index (χ3v) is 4.91. The molecule has 0 radical (unpaired) electrons. The monoisotopic (exact) mass is 409 g/mol. The van der Waals surface area contributed by atoms with Crippen LogP contribution in [-0.2, 0) is 4.74 Å². The number of aromatic nitrogens is 2. The normalized spacial score (nSPS) is 15.8. The first-order valence-electron chi connectivity index (χ1n) is 9.92. The molecule has 0 unspecified atom stereocenters. The Balaban J connectivity index is 0.00000320. The van der Waals surface area contributed by atoms with E-state index in [0.717, 1.165) is 30.5 Å². The Labute approximate surface area is 188 Å². The van der Waals surface area contributed by atoms with E-state index in [0.29, 0.717) is 17.2 Å². The van der Waals surface area contributed by atoms with Gasteiger partial charge in [-0.3, -0.25) is 0 Å². The molecule has 1 aliphatic rings. The van der Waals surface area contributed by atoms with Crippen LogP contribution in [0.25, 0.3) is 11.0 Å². The molecule has 30 heavy (non-hydrogen) atoms. The molecule has 0 bridgehead atoms. The first kappa shape index (κ1) is 24.3. The van der Waals surface area contributed by atoms with Crippen LogP contribution in [0, 0.1) is 0 Å². The number of carboxylic acids is 1. The van der Waals surface area contributed by atoms with Gasteiger partial charge in [-0.05, 0) is 59.6 Å². The molecule has 3 rings (SSSR count). The van der Waals surface area contributed by atoms with Crippen molar-refractivity contribution < 1.29 is 43.0 Å². The second kappa shape index (κ2) is 9.42. The van der Waals surface area contributed by atoms with Crippen molar-refractivity contribution in [2.75, 3.05) is 13.1 Å². The van der Waals surface area contributed by atoms with Crippen molar-refractivity contribution in [2.24, 2.45) is 0 Å². The Hall–Kier alpha value is -2.01. The molecule has 8 nitrogen and oxygen atoms in total. The van der Waals surface area contributed by atoms with Crippen LogP contribution in [0.1, 0.15) is 57.9 Å². The number of rotatable bonds is 4. The Morgan fingerprint density at radius 2 is 1.83 bits per heavy atom. The van der Waals surface area contributed by atoms with E-state index in [1.54, 1.807) is 26.8 Å². The van der Waals surface area contributed by atoms with E-state index < -0.39 is 17.7 Å². The molecule has 0 atom stereocenters. The van der Waals surface area contributed by atoms with Crippen molar-refractivity contribution in [1.82, 2.24) is 14.5 Å². The summed E-state index contributed by atoms with van der Waals surface area (Å²) in [5.41, 5.74) is -0.880. The van der Waals surface area contributed by atoms with Crippen LogP contribution in [0.3, 0.4) is 0 Å². The molecule has 0 amide bonds. The van der Waals surface area contributed by atoms with E-state index >= 15 is 0 Å². The SMILES string of the molecule is CC(C)N1CCC(Oc2cnc3c(c2)cc(C(=O)[O-])n3C(=O)OC(C)(C)C)CC1.[Li+]. The number of hydrogen-bond donors (Lipinski definition) is 0. The molecule has 0 saturated carbocycles. The molecule has 3 heterocycles. The van der Waals surface area contributed by atoms with Gasteiger partial charge in [-0.15, -0.1) is 0 Å². The zero-order chi connectivity index (χ0) is 21.3. The molecule has 1 saturated heterocycles. The fraction of sp³-hybridized carbons (Fsp3) is 0.571. The Kier molecular flexibility index (Phi) is 7.62. The van der Waals surface area contributed by atoms with E-state index in [4.69, 9.17) is 9.47 Å². The van der Waals surface area contributed by atoms with Gasteiger partial charge < -0.3 is 24.3 Å². The van der Waals surface area contributed by atoms with E-state index in [9.17, 15) is 14.7 Å². The first-order chi connectivity index (χ1) is 13.5. The standard InChI is InChI=1S/C21H29N3O5.Li/c1-13(2)23-8-6-15(7-9-23)28-16-10-14-11-17(19(25)26)24(18(14)22-12-16)20(27)29-21(3,4)5;/h10-13,15H,6-9H2,1-5H3,(H,25,26);/q;+1/p-1. The van der Waals surface area contributed by atoms with Gasteiger partial charge in [0.15, 0.2) is 0 Å². The summed E-state index contributed by atoms with van der Waals surface area (Å²) in [5, 5.41) is 12.0. The van der Waals surface area contributed by atoms with Crippen molar-refractivity contribution in [1.29, 1.82) is 0 Å². The molecule has 9 heteroatoms. The van der Waals surface area contributed by atoms with Crippen LogP contribution in [0.15, 0.2) is 18.3 Å². The van der Waals surface area contributed by atoms with E-state index in [1.807, 2.05) is 0 Å². The van der Waals surface area contributed by atoms with Crippen LogP contribution in [-0.4, -0.2) is 57.3 Å². The van der Waals surface area contributed by atoms with Gasteiger partial charge in [0.2, 0.25) is 0 Å². The van der Waals surface area contributed by atoms with Gasteiger partial charge in [0, 0.05) is 24.5 Å². The van der Waals surface area contributed by atoms with Crippen LogP contribution < -0.4 is 28.7 Å². The number of fused-ring (bicyclic) bond motifs is 1. The fourth-order valence-electron chi connectivity index (χ4n) is 3.48.